The van der Waals surface area contributed by atoms with Gasteiger partial charge in [0, 0.05) is 60.3 Å². The van der Waals surface area contributed by atoms with Gasteiger partial charge in [-0.25, -0.2) is 0 Å². The van der Waals surface area contributed by atoms with E-state index in [1.54, 1.807) is 0 Å². The van der Waals surface area contributed by atoms with Gasteiger partial charge in [0.2, 0.25) is 5.91 Å². The average Bonchev–Trinajstić information content (AvgIpc) is 3.40. The number of amides is 1. The van der Waals surface area contributed by atoms with E-state index in [1.807, 2.05) is 35.9 Å². The van der Waals surface area contributed by atoms with Crippen LogP contribution in [0.1, 0.15) is 41.0 Å². The standard InChI is InChI=1S/C25H30N4OS/c1-18-4-5-22(31-18)16-28-11-2-3-19(15-28)13-24(30)29-12-8-21-14-27-25(23(21)17-29)20-6-9-26-10-7-20/h4-7,9-10,19H,2-3,8,11-17H2,1H3/t19-/m0/s1. The molecule has 5 rings (SSSR count). The van der Waals surface area contributed by atoms with Crippen LogP contribution in [0.15, 0.2) is 52.8 Å². The number of nitrogens with zero attached hydrogens (tertiary/aromatic N) is 4. The zero-order valence-corrected chi connectivity index (χ0v) is 19.0. The van der Waals surface area contributed by atoms with E-state index in [0.29, 0.717) is 24.8 Å². The highest BCUT2D eigenvalue weighted by Gasteiger charge is 2.31. The van der Waals surface area contributed by atoms with Crippen LogP contribution in [0.4, 0.5) is 0 Å². The summed E-state index contributed by atoms with van der Waals surface area (Å²) in [5.41, 5.74) is 4.85. The van der Waals surface area contributed by atoms with Crippen LogP contribution in [-0.2, 0) is 11.3 Å². The van der Waals surface area contributed by atoms with E-state index in [2.05, 4.69) is 33.8 Å². The number of rotatable bonds is 5. The summed E-state index contributed by atoms with van der Waals surface area (Å²) in [5, 5.41) is 0. The van der Waals surface area contributed by atoms with Gasteiger partial charge < -0.3 is 4.90 Å². The number of thiophene rings is 1. The van der Waals surface area contributed by atoms with Crippen LogP contribution in [0.25, 0.3) is 0 Å². The molecule has 31 heavy (non-hydrogen) atoms. The van der Waals surface area contributed by atoms with Gasteiger partial charge in [0.15, 0.2) is 0 Å². The van der Waals surface area contributed by atoms with Crippen molar-refractivity contribution in [1.29, 1.82) is 0 Å². The number of hydrogen-bond acceptors (Lipinski definition) is 5. The van der Waals surface area contributed by atoms with Gasteiger partial charge >= 0.3 is 0 Å². The lowest BCUT2D eigenvalue weighted by Crippen LogP contribution is -2.41. The molecule has 0 saturated carbocycles. The molecule has 1 fully saturated rings. The van der Waals surface area contributed by atoms with Crippen LogP contribution in [0, 0.1) is 12.8 Å². The van der Waals surface area contributed by atoms with Crippen LogP contribution in [0.3, 0.4) is 0 Å². The number of pyridine rings is 1. The summed E-state index contributed by atoms with van der Waals surface area (Å²) in [6.45, 7) is 7.70. The average molecular weight is 435 g/mol. The maximum atomic E-state index is 13.2. The molecule has 1 atom stereocenters. The van der Waals surface area contributed by atoms with Crippen LogP contribution in [-0.4, -0.2) is 59.1 Å². The van der Waals surface area contributed by atoms with Gasteiger partial charge in [-0.1, -0.05) is 0 Å². The van der Waals surface area contributed by atoms with Crippen molar-refractivity contribution in [2.24, 2.45) is 10.9 Å². The fourth-order valence-electron chi connectivity index (χ4n) is 5.11. The summed E-state index contributed by atoms with van der Waals surface area (Å²) in [5.74, 6) is 0.779. The number of piperidine rings is 1. The van der Waals surface area contributed by atoms with E-state index >= 15 is 0 Å². The second-order valence-corrected chi connectivity index (χ2v) is 10.4. The first-order chi connectivity index (χ1) is 15.2. The van der Waals surface area contributed by atoms with Gasteiger partial charge in [-0.3, -0.25) is 19.7 Å². The molecule has 3 aliphatic rings. The monoisotopic (exact) mass is 434 g/mol. The van der Waals surface area contributed by atoms with Crippen molar-refractivity contribution in [2.45, 2.75) is 39.2 Å². The molecule has 0 spiro atoms. The van der Waals surface area contributed by atoms with E-state index in [4.69, 9.17) is 4.99 Å². The van der Waals surface area contributed by atoms with Crippen molar-refractivity contribution in [3.63, 3.8) is 0 Å². The van der Waals surface area contributed by atoms with Crippen LogP contribution in [0.2, 0.25) is 0 Å². The van der Waals surface area contributed by atoms with Crippen LogP contribution in [0.5, 0.6) is 0 Å². The Morgan fingerprint density at radius 2 is 2.06 bits per heavy atom. The summed E-state index contributed by atoms with van der Waals surface area (Å²) in [6, 6.07) is 8.48. The number of hydrogen-bond donors (Lipinski definition) is 0. The third-order valence-electron chi connectivity index (χ3n) is 6.72. The molecule has 5 heterocycles. The lowest BCUT2D eigenvalue weighted by Gasteiger charge is -2.34. The first kappa shape index (κ1) is 20.6. The topological polar surface area (TPSA) is 48.8 Å². The Hall–Kier alpha value is -2.31. The minimum absolute atomic E-state index is 0.311. The lowest BCUT2D eigenvalue weighted by atomic mass is 9.92. The molecule has 2 aromatic heterocycles. The molecule has 6 heteroatoms. The number of aromatic nitrogens is 1. The normalized spacial score (nSPS) is 21.9. The maximum absolute atomic E-state index is 13.2. The van der Waals surface area contributed by atoms with E-state index < -0.39 is 0 Å². The molecule has 5 nitrogen and oxygen atoms in total. The van der Waals surface area contributed by atoms with E-state index in [0.717, 1.165) is 56.8 Å². The Morgan fingerprint density at radius 1 is 1.19 bits per heavy atom. The molecule has 162 valence electrons. The quantitative estimate of drug-likeness (QED) is 0.712. The Morgan fingerprint density at radius 3 is 2.87 bits per heavy atom. The molecule has 1 saturated heterocycles. The minimum atomic E-state index is 0.311. The van der Waals surface area contributed by atoms with Crippen molar-refractivity contribution < 1.29 is 4.79 Å². The molecule has 0 bridgehead atoms. The molecule has 3 aliphatic heterocycles. The molecule has 0 N–H and O–H groups in total. The number of carbonyl (C=O) groups is 1. The zero-order valence-electron chi connectivity index (χ0n) is 18.2. The van der Waals surface area contributed by atoms with Gasteiger partial charge in [-0.05, 0) is 74.1 Å². The SMILES string of the molecule is Cc1ccc(CN2CCC[C@@H](CC(=O)N3CCC4=C(C3)C(c3ccncc3)=NC4)C2)s1. The first-order valence-corrected chi connectivity index (χ1v) is 12.2. The van der Waals surface area contributed by atoms with Crippen molar-refractivity contribution in [3.05, 3.63) is 63.1 Å². The summed E-state index contributed by atoms with van der Waals surface area (Å²) >= 11 is 1.89. The molecule has 2 aromatic rings. The zero-order chi connectivity index (χ0) is 21.2. The number of aryl methyl sites for hydroxylation is 1. The summed E-state index contributed by atoms with van der Waals surface area (Å²) in [6.07, 6.45) is 7.61. The Bertz CT molecular complexity index is 1010. The maximum Gasteiger partial charge on any atom is 0.223 e. The van der Waals surface area contributed by atoms with Gasteiger partial charge in [-0.2, -0.15) is 0 Å². The number of aliphatic imine (C=N–C) groups is 1. The van der Waals surface area contributed by atoms with Crippen LogP contribution < -0.4 is 0 Å². The summed E-state index contributed by atoms with van der Waals surface area (Å²) in [7, 11) is 0. The van der Waals surface area contributed by atoms with E-state index in [-0.39, 0.29) is 0 Å². The van der Waals surface area contributed by atoms with E-state index in [9.17, 15) is 4.79 Å². The van der Waals surface area contributed by atoms with Crippen LogP contribution >= 0.6 is 11.3 Å². The van der Waals surface area contributed by atoms with E-state index in [1.165, 1.54) is 27.3 Å². The molecule has 0 aliphatic carbocycles. The second-order valence-electron chi connectivity index (χ2n) is 9.01. The smallest absolute Gasteiger partial charge is 0.223 e. The van der Waals surface area contributed by atoms with Crippen molar-refractivity contribution >= 4 is 23.0 Å². The molecule has 1 amide bonds. The van der Waals surface area contributed by atoms with Crippen molar-refractivity contribution in [2.75, 3.05) is 32.7 Å². The Labute approximate surface area is 188 Å². The van der Waals surface area contributed by atoms with Gasteiger partial charge in [0.25, 0.3) is 0 Å². The highest BCUT2D eigenvalue weighted by Crippen LogP contribution is 2.29. The molecular formula is C25H30N4OS. The van der Waals surface area contributed by atoms with Gasteiger partial charge in [0.05, 0.1) is 12.3 Å². The van der Waals surface area contributed by atoms with Gasteiger partial charge in [0.1, 0.15) is 0 Å². The fraction of sp³-hybridized carbons (Fsp3) is 0.480. The third kappa shape index (κ3) is 4.65. The van der Waals surface area contributed by atoms with Crippen molar-refractivity contribution in [1.82, 2.24) is 14.8 Å². The number of carbonyl (C=O) groups excluding carboxylic acids is 1. The highest BCUT2D eigenvalue weighted by atomic mass is 32.1. The summed E-state index contributed by atoms with van der Waals surface area (Å²) in [4.78, 5) is 29.5. The van der Waals surface area contributed by atoms with Gasteiger partial charge in [-0.15, -0.1) is 11.3 Å². The predicted molar refractivity (Wildman–Crippen MR) is 126 cm³/mol. The van der Waals surface area contributed by atoms with Crippen molar-refractivity contribution in [3.8, 4) is 0 Å². The Kier molecular flexibility index (Phi) is 6.01. The lowest BCUT2D eigenvalue weighted by molar-refractivity contribution is -0.132. The molecule has 0 unspecified atom stereocenters. The first-order valence-electron chi connectivity index (χ1n) is 11.4. The largest absolute Gasteiger partial charge is 0.338 e. The Balaban J connectivity index is 1.19. The predicted octanol–water partition coefficient (Wildman–Crippen LogP) is 4.09. The molecule has 0 radical (unpaired) electrons. The second kappa shape index (κ2) is 9.05. The third-order valence-corrected chi connectivity index (χ3v) is 7.71. The minimum Gasteiger partial charge on any atom is -0.338 e. The molecular weight excluding hydrogens is 404 g/mol. The molecule has 0 aromatic carbocycles. The number of likely N-dealkylation sites (tertiary alicyclic amines) is 1. The fourth-order valence-corrected chi connectivity index (χ4v) is 6.04. The highest BCUT2D eigenvalue weighted by molar-refractivity contribution is 7.11. The summed E-state index contributed by atoms with van der Waals surface area (Å²) < 4.78 is 0.